The third kappa shape index (κ3) is 3.69. The Morgan fingerprint density at radius 3 is 2.63 bits per heavy atom. The van der Waals surface area contributed by atoms with E-state index in [0.717, 1.165) is 17.1 Å². The van der Waals surface area contributed by atoms with Crippen LogP contribution in [0, 0.1) is 0 Å². The molecule has 0 saturated carbocycles. The smallest absolute Gasteiger partial charge is 0.118 e. The summed E-state index contributed by atoms with van der Waals surface area (Å²) in [5.41, 5.74) is 6.18. The maximum absolute atomic E-state index is 6.18. The summed E-state index contributed by atoms with van der Waals surface area (Å²) < 4.78 is 5.48. The quantitative estimate of drug-likeness (QED) is 0.775. The average Bonchev–Trinajstić information content (AvgIpc) is 2.93. The predicted octanol–water partition coefficient (Wildman–Crippen LogP) is 5.16. The van der Waals surface area contributed by atoms with Gasteiger partial charge in [-0.1, -0.05) is 30.1 Å². The summed E-state index contributed by atoms with van der Waals surface area (Å²) in [6.07, 6.45) is 2.54. The van der Waals surface area contributed by atoms with Crippen LogP contribution >= 0.6 is 35.0 Å². The van der Waals surface area contributed by atoms with Gasteiger partial charge >= 0.3 is 0 Å². The lowest BCUT2D eigenvalue weighted by molar-refractivity contribution is 0.474. The van der Waals surface area contributed by atoms with Crippen LogP contribution in [0.3, 0.4) is 0 Å². The Bertz CT molecular complexity index is 530. The van der Waals surface area contributed by atoms with E-state index in [1.165, 1.54) is 0 Å². The molecule has 0 spiro atoms. The van der Waals surface area contributed by atoms with Crippen molar-refractivity contribution in [3.63, 3.8) is 0 Å². The van der Waals surface area contributed by atoms with Crippen LogP contribution in [0.25, 0.3) is 0 Å². The van der Waals surface area contributed by atoms with Crippen LogP contribution < -0.4 is 5.73 Å². The summed E-state index contributed by atoms with van der Waals surface area (Å²) in [5.74, 6) is 0.880. The zero-order chi connectivity index (χ0) is 13.8. The third-order valence-corrected chi connectivity index (χ3v) is 4.94. The average molecular weight is 316 g/mol. The number of hydrogen-bond acceptors (Lipinski definition) is 3. The van der Waals surface area contributed by atoms with Gasteiger partial charge in [0.15, 0.2) is 0 Å². The van der Waals surface area contributed by atoms with Gasteiger partial charge in [-0.2, -0.15) is 0 Å². The van der Waals surface area contributed by atoms with Gasteiger partial charge in [-0.25, -0.2) is 0 Å². The van der Waals surface area contributed by atoms with Gasteiger partial charge in [0.2, 0.25) is 0 Å². The van der Waals surface area contributed by atoms with Gasteiger partial charge in [-0.15, -0.1) is 11.8 Å². The number of halogens is 2. The van der Waals surface area contributed by atoms with Crippen LogP contribution in [0.5, 0.6) is 0 Å². The summed E-state index contributed by atoms with van der Waals surface area (Å²) in [7, 11) is 0. The minimum Gasteiger partial charge on any atom is -0.468 e. The molecule has 2 unspecified atom stereocenters. The third-order valence-electron chi connectivity index (χ3n) is 2.84. The van der Waals surface area contributed by atoms with E-state index in [1.54, 1.807) is 24.1 Å². The number of nitrogens with two attached hydrogens (primary N) is 1. The lowest BCUT2D eigenvalue weighted by Crippen LogP contribution is -2.25. The van der Waals surface area contributed by atoms with Crippen molar-refractivity contribution in [3.05, 3.63) is 52.4 Å². The molecule has 5 heteroatoms. The Balaban J connectivity index is 2.23. The molecular formula is C14H15Cl2NOS. The summed E-state index contributed by atoms with van der Waals surface area (Å²) in [4.78, 5) is 1.03. The van der Waals surface area contributed by atoms with E-state index in [4.69, 9.17) is 33.4 Å². The van der Waals surface area contributed by atoms with Crippen LogP contribution in [-0.4, -0.2) is 6.04 Å². The SMILES string of the molecule is CCC(N)C(Sc1ccc(Cl)c(Cl)c1)c1ccco1. The zero-order valence-electron chi connectivity index (χ0n) is 10.5. The molecule has 2 rings (SSSR count). The number of thioether (sulfide) groups is 1. The molecule has 0 fully saturated rings. The molecule has 0 radical (unpaired) electrons. The molecule has 19 heavy (non-hydrogen) atoms. The zero-order valence-corrected chi connectivity index (χ0v) is 12.8. The van der Waals surface area contributed by atoms with Crippen molar-refractivity contribution < 1.29 is 4.42 Å². The van der Waals surface area contributed by atoms with Crippen molar-refractivity contribution in [2.75, 3.05) is 0 Å². The van der Waals surface area contributed by atoms with Gasteiger partial charge in [-0.3, -0.25) is 0 Å². The molecule has 2 N–H and O–H groups in total. The molecular weight excluding hydrogens is 301 g/mol. The van der Waals surface area contributed by atoms with Gasteiger partial charge in [0, 0.05) is 10.9 Å². The van der Waals surface area contributed by atoms with E-state index in [2.05, 4.69) is 6.92 Å². The summed E-state index contributed by atoms with van der Waals surface area (Å²) >= 11 is 13.6. The maximum Gasteiger partial charge on any atom is 0.118 e. The minimum absolute atomic E-state index is 0.0191. The molecule has 0 bridgehead atoms. The fraction of sp³-hybridized carbons (Fsp3) is 0.286. The summed E-state index contributed by atoms with van der Waals surface area (Å²) in [6, 6.07) is 9.43. The van der Waals surface area contributed by atoms with Crippen LogP contribution in [0.4, 0.5) is 0 Å². The summed E-state index contributed by atoms with van der Waals surface area (Å²) in [5, 5.41) is 1.17. The Hall–Kier alpha value is -0.610. The first-order valence-corrected chi connectivity index (χ1v) is 7.66. The van der Waals surface area contributed by atoms with E-state index >= 15 is 0 Å². The van der Waals surface area contributed by atoms with Gasteiger partial charge < -0.3 is 10.2 Å². The number of benzene rings is 1. The highest BCUT2D eigenvalue weighted by molar-refractivity contribution is 7.99. The molecule has 1 aromatic carbocycles. The second-order valence-corrected chi connectivity index (χ2v) is 6.23. The molecule has 0 amide bonds. The molecule has 2 atom stereocenters. The number of furan rings is 1. The highest BCUT2D eigenvalue weighted by atomic mass is 35.5. The van der Waals surface area contributed by atoms with Crippen molar-refractivity contribution in [1.82, 2.24) is 0 Å². The Morgan fingerprint density at radius 2 is 2.05 bits per heavy atom. The molecule has 1 heterocycles. The van der Waals surface area contributed by atoms with Crippen LogP contribution in [0.15, 0.2) is 45.9 Å². The first-order chi connectivity index (χ1) is 9.11. The van der Waals surface area contributed by atoms with E-state index in [9.17, 15) is 0 Å². The first-order valence-electron chi connectivity index (χ1n) is 6.02. The summed E-state index contributed by atoms with van der Waals surface area (Å²) in [6.45, 7) is 2.07. The molecule has 0 aliphatic carbocycles. The molecule has 1 aromatic heterocycles. The molecule has 0 saturated heterocycles. The molecule has 2 aromatic rings. The van der Waals surface area contributed by atoms with E-state index in [1.807, 2.05) is 24.3 Å². The number of hydrogen-bond donors (Lipinski definition) is 1. The second kappa shape index (κ2) is 6.71. The fourth-order valence-corrected chi connectivity index (χ4v) is 3.33. The van der Waals surface area contributed by atoms with Crippen molar-refractivity contribution >= 4 is 35.0 Å². The van der Waals surface area contributed by atoms with Gasteiger partial charge in [0.1, 0.15) is 5.76 Å². The second-order valence-electron chi connectivity index (χ2n) is 4.20. The van der Waals surface area contributed by atoms with Crippen LogP contribution in [-0.2, 0) is 0 Å². The van der Waals surface area contributed by atoms with Crippen LogP contribution in [0.1, 0.15) is 24.4 Å². The Morgan fingerprint density at radius 1 is 1.26 bits per heavy atom. The highest BCUT2D eigenvalue weighted by Gasteiger charge is 2.22. The minimum atomic E-state index is 0.0191. The Labute approximate surface area is 127 Å². The molecule has 0 aliphatic rings. The molecule has 2 nitrogen and oxygen atoms in total. The van der Waals surface area contributed by atoms with Gasteiger partial charge in [0.25, 0.3) is 0 Å². The molecule has 102 valence electrons. The predicted molar refractivity (Wildman–Crippen MR) is 82.0 cm³/mol. The van der Waals surface area contributed by atoms with Crippen molar-refractivity contribution in [2.24, 2.45) is 5.73 Å². The number of rotatable bonds is 5. The first kappa shape index (κ1) is 14.8. The van der Waals surface area contributed by atoms with Crippen molar-refractivity contribution in [1.29, 1.82) is 0 Å². The lowest BCUT2D eigenvalue weighted by Gasteiger charge is -2.20. The van der Waals surface area contributed by atoms with Gasteiger partial charge in [0.05, 0.1) is 21.6 Å². The van der Waals surface area contributed by atoms with Crippen LogP contribution in [0.2, 0.25) is 10.0 Å². The van der Waals surface area contributed by atoms with Crippen molar-refractivity contribution in [3.8, 4) is 0 Å². The highest BCUT2D eigenvalue weighted by Crippen LogP contribution is 2.40. The maximum atomic E-state index is 6.18. The van der Waals surface area contributed by atoms with Gasteiger partial charge in [-0.05, 0) is 36.8 Å². The van der Waals surface area contributed by atoms with E-state index in [0.29, 0.717) is 10.0 Å². The Kier molecular flexibility index (Phi) is 5.22. The van der Waals surface area contributed by atoms with Crippen molar-refractivity contribution in [2.45, 2.75) is 29.5 Å². The van der Waals surface area contributed by atoms with E-state index < -0.39 is 0 Å². The standard InChI is InChI=1S/C14H15Cl2NOS/c1-2-12(17)14(13-4-3-7-18-13)19-9-5-6-10(15)11(16)8-9/h3-8,12,14H,2,17H2,1H3. The topological polar surface area (TPSA) is 39.2 Å². The largest absolute Gasteiger partial charge is 0.468 e. The normalized spacial score (nSPS) is 14.3. The lowest BCUT2D eigenvalue weighted by atomic mass is 10.1. The monoisotopic (exact) mass is 315 g/mol. The van der Waals surface area contributed by atoms with E-state index in [-0.39, 0.29) is 11.3 Å². The molecule has 0 aliphatic heterocycles. The fourth-order valence-electron chi connectivity index (χ4n) is 1.72.